The van der Waals surface area contributed by atoms with E-state index in [1.54, 1.807) is 0 Å². The van der Waals surface area contributed by atoms with Crippen LogP contribution in [0.25, 0.3) is 0 Å². The number of hydrogen-bond acceptors (Lipinski definition) is 5. The molecule has 0 saturated carbocycles. The highest BCUT2D eigenvalue weighted by Crippen LogP contribution is 2.06. The maximum absolute atomic E-state index is 5.70. The highest BCUT2D eigenvalue weighted by Gasteiger charge is 2.18. The summed E-state index contributed by atoms with van der Waals surface area (Å²) in [5.74, 6) is 0. The van der Waals surface area contributed by atoms with Gasteiger partial charge in [-0.1, -0.05) is 6.92 Å². The van der Waals surface area contributed by atoms with Gasteiger partial charge in [0.25, 0.3) is 0 Å². The number of hydrogen-bond donors (Lipinski definition) is 5. The third-order valence-corrected chi connectivity index (χ3v) is 2.84. The lowest BCUT2D eigenvalue weighted by molar-refractivity contribution is 0.334. The van der Waals surface area contributed by atoms with E-state index in [1.807, 2.05) is 0 Å². The Morgan fingerprint density at radius 1 is 1.33 bits per heavy atom. The molecule has 0 fully saturated rings. The van der Waals surface area contributed by atoms with Crippen molar-refractivity contribution >= 4 is 0 Å². The van der Waals surface area contributed by atoms with E-state index < -0.39 is 6.29 Å². The lowest BCUT2D eigenvalue weighted by Crippen LogP contribution is -2.52. The van der Waals surface area contributed by atoms with Crippen LogP contribution in [0, 0.1) is 0 Å². The molecule has 0 amide bonds. The average Bonchev–Trinajstić information content (AvgIpc) is 2.16. The molecule has 0 aromatic rings. The van der Waals surface area contributed by atoms with Crippen LogP contribution in [-0.2, 0) is 0 Å². The van der Waals surface area contributed by atoms with E-state index in [4.69, 9.17) is 17.2 Å². The maximum atomic E-state index is 5.70. The fourth-order valence-corrected chi connectivity index (χ4v) is 1.34. The van der Waals surface area contributed by atoms with Crippen LogP contribution in [0.15, 0.2) is 0 Å². The van der Waals surface area contributed by atoms with Crippen molar-refractivity contribution in [1.82, 2.24) is 10.6 Å². The molecule has 0 bridgehead atoms. The van der Waals surface area contributed by atoms with Crippen LogP contribution in [0.1, 0.15) is 33.6 Å². The topological polar surface area (TPSA) is 102 Å². The first-order chi connectivity index (χ1) is 6.93. The first kappa shape index (κ1) is 14.8. The van der Waals surface area contributed by atoms with Gasteiger partial charge in [0.2, 0.25) is 0 Å². The molecule has 0 aromatic carbocycles. The average molecular weight is 217 g/mol. The van der Waals surface area contributed by atoms with Gasteiger partial charge in [0.15, 0.2) is 0 Å². The fraction of sp³-hybridized carbons (Fsp3) is 1.00. The van der Waals surface area contributed by atoms with Crippen LogP contribution in [0.2, 0.25) is 0 Å². The second-order valence-corrected chi connectivity index (χ2v) is 4.43. The maximum Gasteiger partial charge on any atom is 0.107 e. The molecule has 92 valence electrons. The molecule has 0 aliphatic carbocycles. The monoisotopic (exact) mass is 217 g/mol. The summed E-state index contributed by atoms with van der Waals surface area (Å²) in [5.41, 5.74) is 16.6. The molecule has 2 unspecified atom stereocenters. The third kappa shape index (κ3) is 6.81. The molecular weight excluding hydrogens is 190 g/mol. The summed E-state index contributed by atoms with van der Waals surface area (Å²) >= 11 is 0. The first-order valence-electron chi connectivity index (χ1n) is 5.66. The van der Waals surface area contributed by atoms with Gasteiger partial charge >= 0.3 is 0 Å². The van der Waals surface area contributed by atoms with Crippen LogP contribution in [0.4, 0.5) is 0 Å². The summed E-state index contributed by atoms with van der Waals surface area (Å²) in [4.78, 5) is 0. The van der Waals surface area contributed by atoms with Gasteiger partial charge in [-0.25, -0.2) is 0 Å². The Balaban J connectivity index is 3.68. The molecule has 0 aliphatic heterocycles. The van der Waals surface area contributed by atoms with E-state index in [0.717, 1.165) is 19.4 Å². The van der Waals surface area contributed by atoms with E-state index in [2.05, 4.69) is 31.4 Å². The molecular formula is C10H27N5. The van der Waals surface area contributed by atoms with Gasteiger partial charge < -0.3 is 22.5 Å². The zero-order valence-corrected chi connectivity index (χ0v) is 10.2. The van der Waals surface area contributed by atoms with E-state index in [9.17, 15) is 0 Å². The van der Waals surface area contributed by atoms with Crippen LogP contribution in [-0.4, -0.2) is 31.0 Å². The van der Waals surface area contributed by atoms with Crippen LogP contribution < -0.4 is 27.8 Å². The number of rotatable bonds is 8. The van der Waals surface area contributed by atoms with Crippen LogP contribution in [0.5, 0.6) is 0 Å². The van der Waals surface area contributed by atoms with Gasteiger partial charge in [-0.2, -0.15) is 0 Å². The quantitative estimate of drug-likeness (QED) is 0.345. The van der Waals surface area contributed by atoms with Gasteiger partial charge in [-0.15, -0.1) is 0 Å². The highest BCUT2D eigenvalue weighted by atomic mass is 15.2. The molecule has 0 heterocycles. The van der Waals surface area contributed by atoms with E-state index in [1.165, 1.54) is 0 Å². The van der Waals surface area contributed by atoms with Gasteiger partial charge in [-0.05, 0) is 33.2 Å². The van der Waals surface area contributed by atoms with Crippen molar-refractivity contribution in [3.05, 3.63) is 0 Å². The Morgan fingerprint density at radius 3 is 2.33 bits per heavy atom. The first-order valence-corrected chi connectivity index (χ1v) is 5.66. The SMILES string of the molecule is CCC(C)(CN)NCCC(C)NC(N)N. The van der Waals surface area contributed by atoms with Crippen molar-refractivity contribution in [2.75, 3.05) is 13.1 Å². The molecule has 0 radical (unpaired) electrons. The summed E-state index contributed by atoms with van der Waals surface area (Å²) in [6.07, 6.45) is 1.58. The third-order valence-electron chi connectivity index (χ3n) is 2.84. The Bertz CT molecular complexity index is 156. The molecule has 15 heavy (non-hydrogen) atoms. The largest absolute Gasteiger partial charge is 0.329 e. The molecule has 0 saturated heterocycles. The van der Waals surface area contributed by atoms with E-state index in [-0.39, 0.29) is 5.54 Å². The summed E-state index contributed by atoms with van der Waals surface area (Å²) in [7, 11) is 0. The molecule has 0 rings (SSSR count). The summed E-state index contributed by atoms with van der Waals surface area (Å²) < 4.78 is 0. The van der Waals surface area contributed by atoms with Crippen LogP contribution >= 0.6 is 0 Å². The summed E-state index contributed by atoms with van der Waals surface area (Å²) in [5, 5.41) is 6.50. The number of nitrogens with two attached hydrogens (primary N) is 3. The molecule has 0 aliphatic rings. The minimum Gasteiger partial charge on any atom is -0.329 e. The van der Waals surface area contributed by atoms with Crippen LogP contribution in [0.3, 0.4) is 0 Å². The summed E-state index contributed by atoms with van der Waals surface area (Å²) in [6, 6.07) is 0.316. The second-order valence-electron chi connectivity index (χ2n) is 4.43. The van der Waals surface area contributed by atoms with Crippen molar-refractivity contribution in [1.29, 1.82) is 0 Å². The molecule has 2 atom stereocenters. The highest BCUT2D eigenvalue weighted by molar-refractivity contribution is 4.82. The zero-order valence-electron chi connectivity index (χ0n) is 10.2. The Kier molecular flexibility index (Phi) is 7.04. The molecule has 5 nitrogen and oxygen atoms in total. The molecule has 0 spiro atoms. The Labute approximate surface area is 93.1 Å². The van der Waals surface area contributed by atoms with Crippen molar-refractivity contribution in [3.63, 3.8) is 0 Å². The summed E-state index contributed by atoms with van der Waals surface area (Å²) in [6.45, 7) is 7.92. The van der Waals surface area contributed by atoms with Gasteiger partial charge in [0, 0.05) is 18.1 Å². The predicted molar refractivity (Wildman–Crippen MR) is 65.1 cm³/mol. The van der Waals surface area contributed by atoms with Gasteiger partial charge in [-0.3, -0.25) is 5.32 Å². The fourth-order valence-electron chi connectivity index (χ4n) is 1.34. The van der Waals surface area contributed by atoms with Crippen molar-refractivity contribution in [2.24, 2.45) is 17.2 Å². The van der Waals surface area contributed by atoms with Crippen molar-refractivity contribution in [2.45, 2.75) is 51.5 Å². The Morgan fingerprint density at radius 2 is 1.93 bits per heavy atom. The standard InChI is InChI=1S/C10H27N5/c1-4-10(3,7-11)14-6-5-8(2)15-9(12)13/h8-9,14-15H,4-7,11-13H2,1-3H3. The normalized spacial score (nSPS) is 17.8. The second kappa shape index (κ2) is 7.14. The zero-order chi connectivity index (χ0) is 11.9. The smallest absolute Gasteiger partial charge is 0.107 e. The lowest BCUT2D eigenvalue weighted by Gasteiger charge is -2.29. The minimum absolute atomic E-state index is 0.0462. The van der Waals surface area contributed by atoms with E-state index >= 15 is 0 Å². The molecule has 8 N–H and O–H groups in total. The molecule has 5 heteroatoms. The van der Waals surface area contributed by atoms with Gasteiger partial charge in [0.1, 0.15) is 6.29 Å². The Hall–Kier alpha value is -0.200. The number of nitrogens with one attached hydrogen (secondary N) is 2. The van der Waals surface area contributed by atoms with Crippen molar-refractivity contribution < 1.29 is 0 Å². The van der Waals surface area contributed by atoms with Gasteiger partial charge in [0.05, 0.1) is 0 Å². The van der Waals surface area contributed by atoms with E-state index in [0.29, 0.717) is 12.6 Å². The minimum atomic E-state index is -0.438. The van der Waals surface area contributed by atoms with Crippen molar-refractivity contribution in [3.8, 4) is 0 Å². The lowest BCUT2D eigenvalue weighted by atomic mass is 9.99. The predicted octanol–water partition coefficient (Wildman–Crippen LogP) is -0.727. The molecule has 0 aromatic heterocycles.